The second-order valence-electron chi connectivity index (χ2n) is 5.57. The van der Waals surface area contributed by atoms with E-state index in [0.29, 0.717) is 11.6 Å². The smallest absolute Gasteiger partial charge is 0.251 e. The molecule has 2 aromatic rings. The van der Waals surface area contributed by atoms with Crippen molar-refractivity contribution >= 4 is 17.2 Å². The quantitative estimate of drug-likeness (QED) is 0.860. The molecule has 0 unspecified atom stereocenters. The first-order valence-electron chi connectivity index (χ1n) is 7.64. The van der Waals surface area contributed by atoms with Gasteiger partial charge >= 0.3 is 0 Å². The van der Waals surface area contributed by atoms with E-state index in [2.05, 4.69) is 10.3 Å². The Labute approximate surface area is 129 Å². The molecular weight excluding hydrogens is 280 g/mol. The van der Waals surface area contributed by atoms with E-state index in [1.54, 1.807) is 23.6 Å². The summed E-state index contributed by atoms with van der Waals surface area (Å²) in [6.07, 6.45) is 8.97. The van der Waals surface area contributed by atoms with Crippen molar-refractivity contribution in [2.45, 2.75) is 44.6 Å². The minimum atomic E-state index is 0.0297. The molecular formula is C17H20N2OS. The van der Waals surface area contributed by atoms with E-state index in [0.717, 1.165) is 23.4 Å². The van der Waals surface area contributed by atoms with E-state index in [4.69, 9.17) is 0 Å². The van der Waals surface area contributed by atoms with E-state index in [-0.39, 0.29) is 5.91 Å². The fourth-order valence-electron chi connectivity index (χ4n) is 2.82. The third-order valence-corrected chi connectivity index (χ3v) is 4.88. The van der Waals surface area contributed by atoms with Crippen molar-refractivity contribution in [2.24, 2.45) is 0 Å². The summed E-state index contributed by atoms with van der Waals surface area (Å²) in [4.78, 5) is 17.9. The fourth-order valence-corrected chi connectivity index (χ4v) is 3.52. The van der Waals surface area contributed by atoms with Crippen LogP contribution in [0.15, 0.2) is 35.8 Å². The van der Waals surface area contributed by atoms with Crippen LogP contribution in [0.2, 0.25) is 0 Å². The number of hydrogen-bond acceptors (Lipinski definition) is 3. The lowest BCUT2D eigenvalue weighted by molar-refractivity contribution is 0.0933. The predicted molar refractivity (Wildman–Crippen MR) is 86.5 cm³/mol. The lowest BCUT2D eigenvalue weighted by Crippen LogP contribution is -2.34. The van der Waals surface area contributed by atoms with Crippen molar-refractivity contribution in [1.29, 1.82) is 0 Å². The van der Waals surface area contributed by atoms with Crippen LogP contribution in [0.5, 0.6) is 0 Å². The molecule has 0 aliphatic heterocycles. The Morgan fingerprint density at radius 3 is 2.71 bits per heavy atom. The van der Waals surface area contributed by atoms with Crippen molar-refractivity contribution in [1.82, 2.24) is 10.3 Å². The van der Waals surface area contributed by atoms with Gasteiger partial charge in [0.05, 0.1) is 10.6 Å². The van der Waals surface area contributed by atoms with Crippen LogP contribution in [0.4, 0.5) is 0 Å². The Hall–Kier alpha value is -1.68. The zero-order valence-corrected chi connectivity index (χ0v) is 12.9. The van der Waals surface area contributed by atoms with Gasteiger partial charge in [-0.15, -0.1) is 11.3 Å². The summed E-state index contributed by atoms with van der Waals surface area (Å²) in [5.41, 5.74) is 1.58. The van der Waals surface area contributed by atoms with Crippen molar-refractivity contribution in [2.75, 3.05) is 0 Å². The van der Waals surface area contributed by atoms with Crippen LogP contribution < -0.4 is 5.32 Å². The normalized spacial score (nSPS) is 16.4. The molecule has 2 aromatic heterocycles. The number of aromatic nitrogens is 1. The van der Waals surface area contributed by atoms with Crippen LogP contribution in [0, 0.1) is 0 Å². The van der Waals surface area contributed by atoms with E-state index in [9.17, 15) is 4.79 Å². The van der Waals surface area contributed by atoms with Gasteiger partial charge in [-0.1, -0.05) is 31.7 Å². The van der Waals surface area contributed by atoms with Gasteiger partial charge < -0.3 is 5.32 Å². The number of carbonyl (C=O) groups is 1. The molecule has 0 saturated heterocycles. The molecule has 110 valence electrons. The van der Waals surface area contributed by atoms with Crippen LogP contribution in [-0.2, 0) is 0 Å². The Morgan fingerprint density at radius 2 is 2.00 bits per heavy atom. The second kappa shape index (κ2) is 6.85. The minimum Gasteiger partial charge on any atom is -0.349 e. The molecule has 0 aromatic carbocycles. The highest BCUT2D eigenvalue weighted by molar-refractivity contribution is 7.13. The van der Waals surface area contributed by atoms with Crippen LogP contribution >= 0.6 is 11.3 Å². The van der Waals surface area contributed by atoms with Gasteiger partial charge in [0, 0.05) is 17.8 Å². The molecule has 1 amide bonds. The average molecular weight is 300 g/mol. The summed E-state index contributed by atoms with van der Waals surface area (Å²) in [5.74, 6) is 0.0297. The molecule has 1 N–H and O–H groups in total. The zero-order chi connectivity index (χ0) is 14.5. The standard InChI is InChI=1S/C17H20N2OS/c20-17(19-14-6-3-1-2-4-7-14)13-9-10-18-15(12-13)16-8-5-11-21-16/h5,8-12,14H,1-4,6-7H2,(H,19,20). The molecule has 4 heteroatoms. The van der Waals surface area contributed by atoms with Crippen LogP contribution in [0.3, 0.4) is 0 Å². The highest BCUT2D eigenvalue weighted by Crippen LogP contribution is 2.23. The zero-order valence-electron chi connectivity index (χ0n) is 12.0. The molecule has 1 fully saturated rings. The van der Waals surface area contributed by atoms with Crippen LogP contribution in [-0.4, -0.2) is 16.9 Å². The lowest BCUT2D eigenvalue weighted by atomic mass is 10.1. The Kier molecular flexibility index (Phi) is 4.65. The average Bonchev–Trinajstić information content (AvgIpc) is 2.93. The van der Waals surface area contributed by atoms with Gasteiger partial charge in [0.25, 0.3) is 5.91 Å². The summed E-state index contributed by atoms with van der Waals surface area (Å²) in [7, 11) is 0. The molecule has 0 radical (unpaired) electrons. The maximum atomic E-state index is 12.4. The number of pyridine rings is 1. The predicted octanol–water partition coefficient (Wildman–Crippen LogP) is 4.26. The summed E-state index contributed by atoms with van der Waals surface area (Å²) in [6, 6.07) is 8.04. The highest BCUT2D eigenvalue weighted by atomic mass is 32.1. The highest BCUT2D eigenvalue weighted by Gasteiger charge is 2.16. The van der Waals surface area contributed by atoms with E-state index in [1.165, 1.54) is 25.7 Å². The first-order valence-corrected chi connectivity index (χ1v) is 8.52. The largest absolute Gasteiger partial charge is 0.349 e. The van der Waals surface area contributed by atoms with Crippen molar-refractivity contribution < 1.29 is 4.79 Å². The maximum absolute atomic E-state index is 12.4. The summed E-state index contributed by atoms with van der Waals surface area (Å²) in [6.45, 7) is 0. The van der Waals surface area contributed by atoms with Gasteiger partial charge in [0.2, 0.25) is 0 Å². The molecule has 3 nitrogen and oxygen atoms in total. The molecule has 2 heterocycles. The van der Waals surface area contributed by atoms with Crippen LogP contribution in [0.1, 0.15) is 48.9 Å². The number of nitrogens with one attached hydrogen (secondary N) is 1. The van der Waals surface area contributed by atoms with Gasteiger partial charge in [-0.3, -0.25) is 9.78 Å². The molecule has 3 rings (SSSR count). The fraction of sp³-hybridized carbons (Fsp3) is 0.412. The van der Waals surface area contributed by atoms with Gasteiger partial charge in [0.15, 0.2) is 0 Å². The van der Waals surface area contributed by atoms with Gasteiger partial charge in [-0.05, 0) is 36.4 Å². The molecule has 0 spiro atoms. The Morgan fingerprint density at radius 1 is 1.19 bits per heavy atom. The van der Waals surface area contributed by atoms with E-state index >= 15 is 0 Å². The molecule has 1 aliphatic carbocycles. The molecule has 1 saturated carbocycles. The number of thiophene rings is 1. The summed E-state index contributed by atoms with van der Waals surface area (Å²) >= 11 is 1.64. The molecule has 21 heavy (non-hydrogen) atoms. The monoisotopic (exact) mass is 300 g/mol. The minimum absolute atomic E-state index is 0.0297. The molecule has 0 atom stereocenters. The first kappa shape index (κ1) is 14.3. The van der Waals surface area contributed by atoms with Gasteiger partial charge in [-0.2, -0.15) is 0 Å². The Bertz CT molecular complexity index is 587. The third-order valence-electron chi connectivity index (χ3n) is 3.99. The summed E-state index contributed by atoms with van der Waals surface area (Å²) in [5, 5.41) is 5.21. The number of carbonyl (C=O) groups excluding carboxylic acids is 1. The lowest BCUT2D eigenvalue weighted by Gasteiger charge is -2.16. The van der Waals surface area contributed by atoms with E-state index < -0.39 is 0 Å². The SMILES string of the molecule is O=C(NC1CCCCCC1)c1ccnc(-c2cccs2)c1. The molecule has 1 aliphatic rings. The first-order chi connectivity index (χ1) is 10.3. The van der Waals surface area contributed by atoms with Crippen molar-refractivity contribution in [3.63, 3.8) is 0 Å². The number of amides is 1. The Balaban J connectivity index is 1.71. The van der Waals surface area contributed by atoms with E-state index in [1.807, 2.05) is 23.6 Å². The van der Waals surface area contributed by atoms with Crippen molar-refractivity contribution in [3.05, 3.63) is 41.4 Å². The summed E-state index contributed by atoms with van der Waals surface area (Å²) < 4.78 is 0. The topological polar surface area (TPSA) is 42.0 Å². The maximum Gasteiger partial charge on any atom is 0.251 e. The van der Waals surface area contributed by atoms with Gasteiger partial charge in [-0.25, -0.2) is 0 Å². The van der Waals surface area contributed by atoms with Crippen molar-refractivity contribution in [3.8, 4) is 10.6 Å². The molecule has 0 bridgehead atoms. The second-order valence-corrected chi connectivity index (χ2v) is 6.52. The number of hydrogen-bond donors (Lipinski definition) is 1. The third kappa shape index (κ3) is 3.70. The number of rotatable bonds is 3. The van der Waals surface area contributed by atoms with Crippen LogP contribution in [0.25, 0.3) is 10.6 Å². The number of nitrogens with zero attached hydrogens (tertiary/aromatic N) is 1. The van der Waals surface area contributed by atoms with Gasteiger partial charge in [0.1, 0.15) is 0 Å².